The van der Waals surface area contributed by atoms with Crippen molar-refractivity contribution in [3.63, 3.8) is 0 Å². The number of nitrogens with one attached hydrogen (secondary N) is 1. The van der Waals surface area contributed by atoms with Crippen LogP contribution in [0.1, 0.15) is 20.8 Å². The van der Waals surface area contributed by atoms with E-state index in [0.29, 0.717) is 0 Å². The van der Waals surface area contributed by atoms with Crippen LogP contribution < -0.4 is 5.32 Å². The Kier molecular flexibility index (Phi) is 3.69. The lowest BCUT2D eigenvalue weighted by Gasteiger charge is -2.08. The van der Waals surface area contributed by atoms with E-state index >= 15 is 0 Å². The molecule has 0 bridgehead atoms. The van der Waals surface area contributed by atoms with Crippen LogP contribution in [-0.2, 0) is 0 Å². The van der Waals surface area contributed by atoms with Crippen molar-refractivity contribution in [2.75, 3.05) is 5.32 Å². The van der Waals surface area contributed by atoms with Crippen LogP contribution in [0.4, 0.5) is 14.5 Å². The Balaban J connectivity index is 2.30. The number of carbonyl (C=O) groups is 2. The lowest BCUT2D eigenvalue weighted by atomic mass is 10.1. The second-order valence-corrected chi connectivity index (χ2v) is 3.78. The minimum atomic E-state index is -1.51. The second kappa shape index (κ2) is 5.43. The van der Waals surface area contributed by atoms with E-state index in [-0.39, 0.29) is 11.4 Å². The Hall–Kier alpha value is -2.83. The number of carboxylic acid groups (broad SMARTS) is 1. The topological polar surface area (TPSA) is 79.3 Å². The second-order valence-electron chi connectivity index (χ2n) is 3.78. The highest BCUT2D eigenvalue weighted by molar-refractivity contribution is 6.06. The SMILES string of the molecule is O=C(Nc1cccc(F)c1C(=O)O)c1ccc(F)cn1. The van der Waals surface area contributed by atoms with Crippen LogP contribution in [0.2, 0.25) is 0 Å². The minimum Gasteiger partial charge on any atom is -0.478 e. The average Bonchev–Trinajstić information content (AvgIpc) is 2.39. The van der Waals surface area contributed by atoms with Gasteiger partial charge >= 0.3 is 5.97 Å². The molecule has 2 aromatic rings. The number of hydrogen-bond acceptors (Lipinski definition) is 3. The van der Waals surface area contributed by atoms with Gasteiger partial charge in [0.15, 0.2) is 0 Å². The summed E-state index contributed by atoms with van der Waals surface area (Å²) in [5.41, 5.74) is -0.969. The lowest BCUT2D eigenvalue weighted by Crippen LogP contribution is -2.17. The van der Waals surface area contributed by atoms with Gasteiger partial charge in [-0.3, -0.25) is 4.79 Å². The fourth-order valence-electron chi connectivity index (χ4n) is 1.54. The van der Waals surface area contributed by atoms with Crippen molar-refractivity contribution in [1.82, 2.24) is 4.98 Å². The molecule has 0 aliphatic carbocycles. The van der Waals surface area contributed by atoms with Gasteiger partial charge < -0.3 is 10.4 Å². The molecule has 0 spiro atoms. The van der Waals surface area contributed by atoms with Crippen LogP contribution in [0.3, 0.4) is 0 Å². The van der Waals surface area contributed by atoms with Crippen molar-refractivity contribution < 1.29 is 23.5 Å². The zero-order valence-electron chi connectivity index (χ0n) is 9.93. The molecule has 1 amide bonds. The van der Waals surface area contributed by atoms with Crippen molar-refractivity contribution in [3.8, 4) is 0 Å². The Morgan fingerprint density at radius 3 is 2.50 bits per heavy atom. The molecule has 5 nitrogen and oxygen atoms in total. The van der Waals surface area contributed by atoms with Gasteiger partial charge in [-0.25, -0.2) is 18.6 Å². The third kappa shape index (κ3) is 2.77. The number of carbonyl (C=O) groups excluding carboxylic acids is 1. The highest BCUT2D eigenvalue weighted by atomic mass is 19.1. The number of aromatic carboxylic acids is 1. The number of hydrogen-bond donors (Lipinski definition) is 2. The molecule has 0 aliphatic heterocycles. The predicted molar refractivity (Wildman–Crippen MR) is 65.5 cm³/mol. The summed E-state index contributed by atoms with van der Waals surface area (Å²) < 4.78 is 26.1. The number of carboxylic acids is 1. The van der Waals surface area contributed by atoms with E-state index in [0.717, 1.165) is 24.4 Å². The van der Waals surface area contributed by atoms with Crippen LogP contribution in [0.5, 0.6) is 0 Å². The number of pyridine rings is 1. The third-order valence-corrected chi connectivity index (χ3v) is 2.44. The first-order chi connectivity index (χ1) is 9.49. The van der Waals surface area contributed by atoms with Crippen molar-refractivity contribution in [2.45, 2.75) is 0 Å². The van der Waals surface area contributed by atoms with Gasteiger partial charge in [0.1, 0.15) is 22.9 Å². The van der Waals surface area contributed by atoms with E-state index in [1.165, 1.54) is 12.1 Å². The van der Waals surface area contributed by atoms with Crippen LogP contribution >= 0.6 is 0 Å². The maximum Gasteiger partial charge on any atom is 0.340 e. The highest BCUT2D eigenvalue weighted by Gasteiger charge is 2.18. The smallest absolute Gasteiger partial charge is 0.340 e. The Labute approximate surface area is 111 Å². The molecule has 0 saturated carbocycles. The van der Waals surface area contributed by atoms with E-state index in [4.69, 9.17) is 5.11 Å². The number of rotatable bonds is 3. The average molecular weight is 278 g/mol. The molecule has 0 saturated heterocycles. The van der Waals surface area contributed by atoms with Crippen LogP contribution in [0.15, 0.2) is 36.5 Å². The Bertz CT molecular complexity index is 672. The van der Waals surface area contributed by atoms with E-state index in [2.05, 4.69) is 10.3 Å². The highest BCUT2D eigenvalue weighted by Crippen LogP contribution is 2.19. The van der Waals surface area contributed by atoms with Gasteiger partial charge in [-0.1, -0.05) is 6.07 Å². The summed E-state index contributed by atoms with van der Waals surface area (Å²) in [5.74, 6) is -3.86. The molecule has 1 aromatic carbocycles. The van der Waals surface area contributed by atoms with Gasteiger partial charge in [0, 0.05) is 0 Å². The van der Waals surface area contributed by atoms with Crippen molar-refractivity contribution in [3.05, 3.63) is 59.4 Å². The Morgan fingerprint density at radius 2 is 1.90 bits per heavy atom. The summed E-state index contributed by atoms with van der Waals surface area (Å²) in [6.45, 7) is 0. The van der Waals surface area contributed by atoms with Crippen molar-refractivity contribution >= 4 is 17.6 Å². The number of halogens is 2. The number of nitrogens with zero attached hydrogens (tertiary/aromatic N) is 1. The molecular weight excluding hydrogens is 270 g/mol. The first-order valence-electron chi connectivity index (χ1n) is 5.44. The number of benzene rings is 1. The van der Waals surface area contributed by atoms with Gasteiger partial charge in [0.2, 0.25) is 0 Å². The molecular formula is C13H8F2N2O3. The maximum atomic E-state index is 13.4. The molecule has 1 aromatic heterocycles. The van der Waals surface area contributed by atoms with Crippen LogP contribution in [0.25, 0.3) is 0 Å². The number of amides is 1. The summed E-state index contributed by atoms with van der Waals surface area (Å²) >= 11 is 0. The zero-order valence-corrected chi connectivity index (χ0v) is 9.93. The fourth-order valence-corrected chi connectivity index (χ4v) is 1.54. The van der Waals surface area contributed by atoms with Crippen molar-refractivity contribution in [2.24, 2.45) is 0 Å². The molecule has 0 atom stereocenters. The molecule has 2 rings (SSSR count). The Morgan fingerprint density at radius 1 is 1.15 bits per heavy atom. The molecule has 102 valence electrons. The summed E-state index contributed by atoms with van der Waals surface area (Å²) in [6, 6.07) is 5.63. The molecule has 20 heavy (non-hydrogen) atoms. The van der Waals surface area contributed by atoms with Crippen molar-refractivity contribution in [1.29, 1.82) is 0 Å². The zero-order chi connectivity index (χ0) is 14.7. The molecule has 0 unspecified atom stereocenters. The van der Waals surface area contributed by atoms with E-state index < -0.39 is 29.1 Å². The lowest BCUT2D eigenvalue weighted by molar-refractivity contribution is 0.0693. The summed E-state index contributed by atoms with van der Waals surface area (Å²) in [6.07, 6.45) is 0.846. The molecule has 1 heterocycles. The molecule has 0 aliphatic rings. The predicted octanol–water partition coefficient (Wildman–Crippen LogP) is 2.31. The molecule has 0 radical (unpaired) electrons. The molecule has 2 N–H and O–H groups in total. The number of anilines is 1. The fraction of sp³-hybridized carbons (Fsp3) is 0. The first kappa shape index (κ1) is 13.6. The van der Waals surface area contributed by atoms with Crippen LogP contribution in [0, 0.1) is 11.6 Å². The van der Waals surface area contributed by atoms with Gasteiger partial charge in [0.25, 0.3) is 5.91 Å². The first-order valence-corrected chi connectivity index (χ1v) is 5.44. The molecule has 0 fully saturated rings. The molecule has 7 heteroatoms. The third-order valence-electron chi connectivity index (χ3n) is 2.44. The normalized spacial score (nSPS) is 10.1. The van der Waals surface area contributed by atoms with Gasteiger partial charge in [-0.15, -0.1) is 0 Å². The van der Waals surface area contributed by atoms with E-state index in [9.17, 15) is 18.4 Å². The van der Waals surface area contributed by atoms with Crippen LogP contribution in [-0.4, -0.2) is 22.0 Å². The largest absolute Gasteiger partial charge is 0.478 e. The summed E-state index contributed by atoms with van der Waals surface area (Å²) in [7, 11) is 0. The quantitative estimate of drug-likeness (QED) is 0.903. The standard InChI is InChI=1S/C13H8F2N2O3/c14-7-4-5-10(16-6-7)12(18)17-9-3-1-2-8(15)11(9)13(19)20/h1-6H,(H,17,18)(H,19,20). The minimum absolute atomic E-state index is 0.119. The maximum absolute atomic E-state index is 13.4. The van der Waals surface area contributed by atoms with Gasteiger partial charge in [-0.2, -0.15) is 0 Å². The van der Waals surface area contributed by atoms with E-state index in [1.54, 1.807) is 0 Å². The van der Waals surface area contributed by atoms with E-state index in [1.807, 2.05) is 0 Å². The van der Waals surface area contributed by atoms with Gasteiger partial charge in [-0.05, 0) is 24.3 Å². The monoisotopic (exact) mass is 278 g/mol. The summed E-state index contributed by atoms with van der Waals surface area (Å²) in [4.78, 5) is 26.3. The van der Waals surface area contributed by atoms with Gasteiger partial charge in [0.05, 0.1) is 11.9 Å². The summed E-state index contributed by atoms with van der Waals surface area (Å²) in [5, 5.41) is 11.1. The number of aromatic nitrogens is 1.